The minimum absolute atomic E-state index is 0.00238. The van der Waals surface area contributed by atoms with Crippen LogP contribution in [-0.4, -0.2) is 11.9 Å². The average Bonchev–Trinajstić information content (AvgIpc) is 3.14. The summed E-state index contributed by atoms with van der Waals surface area (Å²) >= 11 is 0. The Morgan fingerprint density at radius 3 is 1.88 bits per heavy atom. The van der Waals surface area contributed by atoms with Gasteiger partial charge >= 0.3 is 0 Å². The fourth-order valence-corrected chi connectivity index (χ4v) is 5.18. The third-order valence-electron chi connectivity index (χ3n) is 6.99. The fourth-order valence-electron chi connectivity index (χ4n) is 5.18. The number of hydrogen-bond acceptors (Lipinski definition) is 1. The Hall–Kier alpha value is -0.530. The molecule has 0 aromatic heterocycles. The van der Waals surface area contributed by atoms with E-state index in [-0.39, 0.29) is 5.41 Å². The molecule has 0 spiro atoms. The van der Waals surface area contributed by atoms with Gasteiger partial charge in [-0.15, -0.1) is 0 Å². The zero-order valence-corrected chi connectivity index (χ0v) is 17.6. The second-order valence-corrected chi connectivity index (χ2v) is 9.23. The summed E-state index contributed by atoms with van der Waals surface area (Å²) in [4.78, 5) is 13.0. The molecule has 0 atom stereocenters. The molecule has 0 saturated heterocycles. The van der Waals surface area contributed by atoms with Crippen molar-refractivity contribution in [2.45, 2.75) is 141 Å². The summed E-state index contributed by atoms with van der Waals surface area (Å²) in [5, 5.41) is 3.45. The highest BCUT2D eigenvalue weighted by molar-refractivity contribution is 5.83. The topological polar surface area (TPSA) is 29.1 Å². The molecule has 2 aliphatic carbocycles. The Morgan fingerprint density at radius 2 is 1.31 bits per heavy atom. The van der Waals surface area contributed by atoms with E-state index in [4.69, 9.17) is 0 Å². The highest BCUT2D eigenvalue weighted by Crippen LogP contribution is 2.43. The first-order chi connectivity index (χ1) is 12.8. The lowest BCUT2D eigenvalue weighted by atomic mass is 9.79. The van der Waals surface area contributed by atoms with Crippen molar-refractivity contribution in [3.05, 3.63) is 0 Å². The van der Waals surface area contributed by atoms with Gasteiger partial charge in [-0.1, -0.05) is 103 Å². The molecule has 2 saturated carbocycles. The zero-order chi connectivity index (χ0) is 18.5. The van der Waals surface area contributed by atoms with Gasteiger partial charge in [0, 0.05) is 11.5 Å². The number of unbranched alkanes of at least 4 members (excludes halogenated alkanes) is 9. The molecule has 0 radical (unpaired) electrons. The van der Waals surface area contributed by atoms with Crippen molar-refractivity contribution < 1.29 is 4.79 Å². The van der Waals surface area contributed by atoms with Gasteiger partial charge in [0.15, 0.2) is 0 Å². The first-order valence-electron chi connectivity index (χ1n) is 12.1. The maximum atomic E-state index is 13.0. The summed E-state index contributed by atoms with van der Waals surface area (Å²) < 4.78 is 0. The molecular formula is C24H45NO. The first-order valence-corrected chi connectivity index (χ1v) is 12.1. The molecule has 0 aromatic rings. The average molecular weight is 364 g/mol. The molecule has 2 rings (SSSR count). The SMILES string of the molecule is CCCCCCCCCCCCC1(C(=O)NC2CCCCC2)CCCC1. The van der Waals surface area contributed by atoms with Gasteiger partial charge in [-0.25, -0.2) is 0 Å². The van der Waals surface area contributed by atoms with E-state index in [1.165, 1.54) is 109 Å². The maximum absolute atomic E-state index is 13.0. The van der Waals surface area contributed by atoms with E-state index in [1.807, 2.05) is 0 Å². The van der Waals surface area contributed by atoms with E-state index in [2.05, 4.69) is 12.2 Å². The van der Waals surface area contributed by atoms with Crippen LogP contribution in [-0.2, 0) is 4.79 Å². The molecule has 0 unspecified atom stereocenters. The lowest BCUT2D eigenvalue weighted by molar-refractivity contribution is -0.132. The molecule has 26 heavy (non-hydrogen) atoms. The van der Waals surface area contributed by atoms with Gasteiger partial charge in [-0.05, 0) is 32.1 Å². The predicted molar refractivity (Wildman–Crippen MR) is 112 cm³/mol. The Balaban J connectivity index is 1.59. The summed E-state index contributed by atoms with van der Waals surface area (Å²) in [6.07, 6.45) is 26.1. The second kappa shape index (κ2) is 12.8. The number of hydrogen-bond donors (Lipinski definition) is 1. The summed E-state index contributed by atoms with van der Waals surface area (Å²) in [5.41, 5.74) is -0.00238. The van der Waals surface area contributed by atoms with Crippen molar-refractivity contribution in [2.24, 2.45) is 5.41 Å². The minimum atomic E-state index is -0.00238. The number of nitrogens with one attached hydrogen (secondary N) is 1. The molecule has 1 amide bonds. The van der Waals surface area contributed by atoms with Crippen molar-refractivity contribution in [2.75, 3.05) is 0 Å². The molecule has 0 aromatic carbocycles. The van der Waals surface area contributed by atoms with E-state index in [9.17, 15) is 4.79 Å². The smallest absolute Gasteiger partial charge is 0.226 e. The van der Waals surface area contributed by atoms with Crippen LogP contribution < -0.4 is 5.32 Å². The molecule has 2 fully saturated rings. The summed E-state index contributed by atoms with van der Waals surface area (Å²) in [7, 11) is 0. The molecule has 2 heteroatoms. The molecule has 0 bridgehead atoms. The number of rotatable bonds is 13. The lowest BCUT2D eigenvalue weighted by Crippen LogP contribution is -2.45. The summed E-state index contributed by atoms with van der Waals surface area (Å²) in [6.45, 7) is 2.28. The standard InChI is InChI=1S/C24H45NO/c1-2-3-4-5-6-7-8-9-10-14-19-24(20-15-16-21-24)23(26)25-22-17-12-11-13-18-22/h22H,2-21H2,1H3,(H,25,26). The van der Waals surface area contributed by atoms with E-state index in [0.717, 1.165) is 19.3 Å². The van der Waals surface area contributed by atoms with E-state index in [1.54, 1.807) is 0 Å². The highest BCUT2D eigenvalue weighted by atomic mass is 16.2. The minimum Gasteiger partial charge on any atom is -0.353 e. The van der Waals surface area contributed by atoms with E-state index >= 15 is 0 Å². The van der Waals surface area contributed by atoms with Gasteiger partial charge in [0.1, 0.15) is 0 Å². The Kier molecular flexibility index (Phi) is 10.7. The Labute approximate surface area is 163 Å². The quantitative estimate of drug-likeness (QED) is 0.341. The van der Waals surface area contributed by atoms with Gasteiger partial charge in [-0.2, -0.15) is 0 Å². The molecular weight excluding hydrogens is 318 g/mol. The van der Waals surface area contributed by atoms with Gasteiger partial charge in [0.25, 0.3) is 0 Å². The van der Waals surface area contributed by atoms with Gasteiger partial charge in [-0.3, -0.25) is 4.79 Å². The third kappa shape index (κ3) is 7.61. The van der Waals surface area contributed by atoms with Crippen LogP contribution in [0.3, 0.4) is 0 Å². The van der Waals surface area contributed by atoms with Crippen LogP contribution in [0.4, 0.5) is 0 Å². The van der Waals surface area contributed by atoms with E-state index < -0.39 is 0 Å². The van der Waals surface area contributed by atoms with Crippen LogP contribution in [0.25, 0.3) is 0 Å². The van der Waals surface area contributed by atoms with Crippen LogP contribution in [0.5, 0.6) is 0 Å². The van der Waals surface area contributed by atoms with Crippen LogP contribution >= 0.6 is 0 Å². The molecule has 0 heterocycles. The molecule has 152 valence electrons. The maximum Gasteiger partial charge on any atom is 0.226 e. The van der Waals surface area contributed by atoms with Crippen LogP contribution in [0.2, 0.25) is 0 Å². The molecule has 2 nitrogen and oxygen atoms in total. The van der Waals surface area contributed by atoms with Crippen LogP contribution in [0, 0.1) is 5.41 Å². The number of amides is 1. The van der Waals surface area contributed by atoms with Crippen molar-refractivity contribution >= 4 is 5.91 Å². The molecule has 0 aliphatic heterocycles. The second-order valence-electron chi connectivity index (χ2n) is 9.23. The molecule has 2 aliphatic rings. The monoisotopic (exact) mass is 363 g/mol. The van der Waals surface area contributed by atoms with Crippen molar-refractivity contribution in [3.8, 4) is 0 Å². The third-order valence-corrected chi connectivity index (χ3v) is 6.99. The normalized spacial score (nSPS) is 20.3. The highest BCUT2D eigenvalue weighted by Gasteiger charge is 2.40. The largest absolute Gasteiger partial charge is 0.353 e. The van der Waals surface area contributed by atoms with Crippen LogP contribution in [0.15, 0.2) is 0 Å². The number of carbonyl (C=O) groups is 1. The van der Waals surface area contributed by atoms with Gasteiger partial charge < -0.3 is 5.32 Å². The van der Waals surface area contributed by atoms with Crippen molar-refractivity contribution in [1.29, 1.82) is 0 Å². The fraction of sp³-hybridized carbons (Fsp3) is 0.958. The summed E-state index contributed by atoms with van der Waals surface area (Å²) in [5.74, 6) is 0.415. The molecule has 1 N–H and O–H groups in total. The zero-order valence-electron chi connectivity index (χ0n) is 17.6. The predicted octanol–water partition coefficient (Wildman–Crippen LogP) is 7.31. The van der Waals surface area contributed by atoms with Gasteiger partial charge in [0.05, 0.1) is 0 Å². The Bertz CT molecular complexity index is 366. The summed E-state index contributed by atoms with van der Waals surface area (Å²) in [6, 6.07) is 0.474. The number of carbonyl (C=O) groups excluding carboxylic acids is 1. The first kappa shape index (κ1) is 21.8. The lowest BCUT2D eigenvalue weighted by Gasteiger charge is -2.32. The van der Waals surface area contributed by atoms with Crippen molar-refractivity contribution in [1.82, 2.24) is 5.32 Å². The van der Waals surface area contributed by atoms with Crippen LogP contribution in [0.1, 0.15) is 135 Å². The van der Waals surface area contributed by atoms with Crippen molar-refractivity contribution in [3.63, 3.8) is 0 Å². The Morgan fingerprint density at radius 1 is 0.769 bits per heavy atom. The van der Waals surface area contributed by atoms with Gasteiger partial charge in [0.2, 0.25) is 5.91 Å². The van der Waals surface area contributed by atoms with E-state index in [0.29, 0.717) is 11.9 Å².